The summed E-state index contributed by atoms with van der Waals surface area (Å²) in [5.41, 5.74) is 2.19. The molecule has 8 nitrogen and oxygen atoms in total. The van der Waals surface area contributed by atoms with Crippen LogP contribution in [-0.2, 0) is 32.1 Å². The van der Waals surface area contributed by atoms with Gasteiger partial charge in [-0.1, -0.05) is 48.4 Å². The van der Waals surface area contributed by atoms with Crippen molar-refractivity contribution in [3.63, 3.8) is 0 Å². The predicted molar refractivity (Wildman–Crippen MR) is 164 cm³/mol. The third-order valence-corrected chi connectivity index (χ3v) is 8.50. The van der Waals surface area contributed by atoms with Gasteiger partial charge in [0.1, 0.15) is 11.8 Å². The number of aromatic nitrogens is 3. The van der Waals surface area contributed by atoms with E-state index in [1.54, 1.807) is 0 Å². The van der Waals surface area contributed by atoms with Crippen molar-refractivity contribution in [1.82, 2.24) is 15.0 Å². The van der Waals surface area contributed by atoms with Crippen molar-refractivity contribution in [1.29, 1.82) is 0 Å². The van der Waals surface area contributed by atoms with E-state index in [2.05, 4.69) is 40.8 Å². The second-order valence-electron chi connectivity index (χ2n) is 12.1. The lowest BCUT2D eigenvalue weighted by molar-refractivity contribution is -0.0630. The molecule has 8 heteroatoms. The molecule has 2 aromatic rings. The molecule has 1 N–H and O–H groups in total. The normalized spacial score (nSPS) is 22.9. The molecule has 0 saturated carbocycles. The standard InChI is InChI=1S/C34H55N3O5/c38-22-8-1-2-9-23-39-24-10-6-16-30-18-12-20-32(41-30)26-37-27-33(35-36-37)34-21-13-19-31(42-34)17-7-11-25-40-28-29-14-4-3-5-15-29/h3-5,14-15,27,30-32,34,38H,1-2,6-13,16-26,28H2/t30-,31-,32-,34-/m0/s1. The molecule has 0 amide bonds. The molecule has 2 saturated heterocycles. The van der Waals surface area contributed by atoms with E-state index in [0.29, 0.717) is 25.4 Å². The van der Waals surface area contributed by atoms with Gasteiger partial charge in [-0.15, -0.1) is 5.10 Å². The van der Waals surface area contributed by atoms with Crippen LogP contribution in [0.2, 0.25) is 0 Å². The minimum atomic E-state index is 0.0506. The zero-order valence-electron chi connectivity index (χ0n) is 25.8. The van der Waals surface area contributed by atoms with E-state index in [1.807, 2.05) is 10.7 Å². The molecule has 1 aromatic heterocycles. The van der Waals surface area contributed by atoms with Crippen LogP contribution in [0.4, 0.5) is 0 Å². The summed E-state index contributed by atoms with van der Waals surface area (Å²) in [4.78, 5) is 0. The first-order valence-corrected chi connectivity index (χ1v) is 16.8. The van der Waals surface area contributed by atoms with Crippen LogP contribution in [0.3, 0.4) is 0 Å². The van der Waals surface area contributed by atoms with Crippen LogP contribution in [0.15, 0.2) is 36.5 Å². The first kappa shape index (κ1) is 33.1. The van der Waals surface area contributed by atoms with Gasteiger partial charge >= 0.3 is 0 Å². The Kier molecular flexibility index (Phi) is 15.9. The van der Waals surface area contributed by atoms with Crippen LogP contribution in [0.25, 0.3) is 0 Å². The zero-order chi connectivity index (χ0) is 29.1. The maximum atomic E-state index is 8.83. The lowest BCUT2D eigenvalue weighted by Gasteiger charge is -2.30. The monoisotopic (exact) mass is 585 g/mol. The molecule has 0 aliphatic carbocycles. The molecule has 0 unspecified atom stereocenters. The van der Waals surface area contributed by atoms with Gasteiger partial charge < -0.3 is 24.1 Å². The Morgan fingerprint density at radius 1 is 0.738 bits per heavy atom. The van der Waals surface area contributed by atoms with Crippen molar-refractivity contribution in [2.24, 2.45) is 0 Å². The first-order chi connectivity index (χ1) is 20.8. The number of unbranched alkanes of at least 4 members (excludes halogenated alkanes) is 5. The predicted octanol–water partition coefficient (Wildman–Crippen LogP) is 6.95. The maximum absolute atomic E-state index is 8.83. The summed E-state index contributed by atoms with van der Waals surface area (Å²) in [6, 6.07) is 10.4. The van der Waals surface area contributed by atoms with E-state index in [9.17, 15) is 0 Å². The summed E-state index contributed by atoms with van der Waals surface area (Å²) in [7, 11) is 0. The molecule has 42 heavy (non-hydrogen) atoms. The summed E-state index contributed by atoms with van der Waals surface area (Å²) in [6.45, 7) is 4.23. The van der Waals surface area contributed by atoms with E-state index >= 15 is 0 Å². The molecule has 2 aliphatic rings. The van der Waals surface area contributed by atoms with Crippen molar-refractivity contribution < 1.29 is 24.1 Å². The smallest absolute Gasteiger partial charge is 0.111 e. The summed E-state index contributed by atoms with van der Waals surface area (Å²) < 4.78 is 26.5. The molecule has 3 heterocycles. The Hall–Kier alpha value is -1.84. The van der Waals surface area contributed by atoms with Gasteiger partial charge in [-0.3, -0.25) is 0 Å². The van der Waals surface area contributed by atoms with Crippen molar-refractivity contribution in [2.45, 2.75) is 140 Å². The first-order valence-electron chi connectivity index (χ1n) is 16.8. The SMILES string of the molecule is OCCCCCCOCCCC[C@H]1CCC[C@@H](Cn2cc([C@@H]3CCC[C@H](CCCCOCc4ccccc4)O3)nn2)O1. The van der Waals surface area contributed by atoms with Crippen LogP contribution in [0.5, 0.6) is 0 Å². The third kappa shape index (κ3) is 12.8. The van der Waals surface area contributed by atoms with Gasteiger partial charge in [0.05, 0.1) is 37.7 Å². The molecule has 4 atom stereocenters. The number of hydrogen-bond donors (Lipinski definition) is 1. The zero-order valence-corrected chi connectivity index (χ0v) is 25.8. The van der Waals surface area contributed by atoms with Gasteiger partial charge in [0, 0.05) is 26.4 Å². The van der Waals surface area contributed by atoms with Gasteiger partial charge in [-0.25, -0.2) is 4.68 Å². The molecule has 2 fully saturated rings. The topological polar surface area (TPSA) is 87.9 Å². The molecule has 2 aliphatic heterocycles. The quantitative estimate of drug-likeness (QED) is 0.159. The number of aliphatic hydroxyl groups is 1. The summed E-state index contributed by atoms with van der Waals surface area (Å²) >= 11 is 0. The molecule has 0 radical (unpaired) electrons. The largest absolute Gasteiger partial charge is 0.396 e. The van der Waals surface area contributed by atoms with Gasteiger partial charge in [0.15, 0.2) is 0 Å². The highest BCUT2D eigenvalue weighted by molar-refractivity contribution is 5.13. The molecule has 1 aromatic carbocycles. The van der Waals surface area contributed by atoms with Crippen molar-refractivity contribution in [3.05, 3.63) is 47.8 Å². The maximum Gasteiger partial charge on any atom is 0.111 e. The van der Waals surface area contributed by atoms with Gasteiger partial charge in [0.2, 0.25) is 0 Å². The minimum absolute atomic E-state index is 0.0506. The fourth-order valence-electron chi connectivity index (χ4n) is 6.10. The molecular formula is C34H55N3O5. The van der Waals surface area contributed by atoms with Crippen molar-refractivity contribution in [3.8, 4) is 0 Å². The Morgan fingerprint density at radius 3 is 2.19 bits per heavy atom. The van der Waals surface area contributed by atoms with Crippen LogP contribution in [0, 0.1) is 0 Å². The molecule has 0 bridgehead atoms. The van der Waals surface area contributed by atoms with Crippen LogP contribution < -0.4 is 0 Å². The van der Waals surface area contributed by atoms with Crippen LogP contribution >= 0.6 is 0 Å². The van der Waals surface area contributed by atoms with Crippen LogP contribution in [-0.4, -0.2) is 64.8 Å². The highest BCUT2D eigenvalue weighted by atomic mass is 16.5. The third-order valence-electron chi connectivity index (χ3n) is 8.50. The van der Waals surface area contributed by atoms with Crippen molar-refractivity contribution in [2.75, 3.05) is 26.4 Å². The highest BCUT2D eigenvalue weighted by Crippen LogP contribution is 2.32. The van der Waals surface area contributed by atoms with Crippen LogP contribution in [0.1, 0.15) is 120 Å². The van der Waals surface area contributed by atoms with E-state index in [-0.39, 0.29) is 12.2 Å². The lowest BCUT2D eigenvalue weighted by Crippen LogP contribution is -2.31. The van der Waals surface area contributed by atoms with Gasteiger partial charge in [0.25, 0.3) is 0 Å². The molecule has 236 valence electrons. The highest BCUT2D eigenvalue weighted by Gasteiger charge is 2.27. The minimum Gasteiger partial charge on any atom is -0.396 e. The second-order valence-corrected chi connectivity index (χ2v) is 12.1. The number of aliphatic hydroxyl groups excluding tert-OH is 1. The van der Waals surface area contributed by atoms with Gasteiger partial charge in [-0.2, -0.15) is 0 Å². The second kappa shape index (κ2) is 20.2. The molecular weight excluding hydrogens is 530 g/mol. The van der Waals surface area contributed by atoms with Gasteiger partial charge in [-0.05, 0) is 95.5 Å². The van der Waals surface area contributed by atoms with E-state index in [0.717, 1.165) is 122 Å². The molecule has 4 rings (SSSR count). The summed E-state index contributed by atoms with van der Waals surface area (Å²) in [5, 5.41) is 17.8. The number of rotatable bonds is 21. The Labute approximate surface area is 253 Å². The van der Waals surface area contributed by atoms with E-state index in [1.165, 1.54) is 18.4 Å². The summed E-state index contributed by atoms with van der Waals surface area (Å²) in [5.74, 6) is 0. The van der Waals surface area contributed by atoms with E-state index in [4.69, 9.17) is 24.1 Å². The number of hydrogen-bond acceptors (Lipinski definition) is 7. The lowest BCUT2D eigenvalue weighted by atomic mass is 9.99. The number of ether oxygens (including phenoxy) is 4. The average Bonchev–Trinajstić information content (AvgIpc) is 3.49. The van der Waals surface area contributed by atoms with E-state index < -0.39 is 0 Å². The Morgan fingerprint density at radius 2 is 1.40 bits per heavy atom. The molecule has 0 spiro atoms. The Balaban J connectivity index is 1.06. The summed E-state index contributed by atoms with van der Waals surface area (Å²) in [6.07, 6.45) is 20.6. The number of benzene rings is 1. The number of nitrogens with zero attached hydrogens (tertiary/aromatic N) is 3. The fourth-order valence-corrected chi connectivity index (χ4v) is 6.10. The Bertz CT molecular complexity index is 942. The van der Waals surface area contributed by atoms with Crippen molar-refractivity contribution >= 4 is 0 Å². The average molecular weight is 586 g/mol. The fraction of sp³-hybridized carbons (Fsp3) is 0.765.